The van der Waals surface area contributed by atoms with Crippen LogP contribution in [0, 0.1) is 17.4 Å². The van der Waals surface area contributed by atoms with Crippen molar-refractivity contribution in [2.75, 3.05) is 5.32 Å². The molecule has 1 heterocycles. The fourth-order valence-electron chi connectivity index (χ4n) is 2.27. The number of amides is 1. The molecule has 0 atom stereocenters. The highest BCUT2D eigenvalue weighted by molar-refractivity contribution is 14.1. The third-order valence-electron chi connectivity index (χ3n) is 3.34. The van der Waals surface area contributed by atoms with Gasteiger partial charge in [0.1, 0.15) is 6.54 Å². The van der Waals surface area contributed by atoms with Crippen LogP contribution in [0.2, 0.25) is 0 Å². The van der Waals surface area contributed by atoms with Gasteiger partial charge >= 0.3 is 5.97 Å². The van der Waals surface area contributed by atoms with Gasteiger partial charge in [0.2, 0.25) is 5.91 Å². The molecule has 1 amide bonds. The Labute approximate surface area is 146 Å². The first-order chi connectivity index (χ1) is 10.8. The molecule has 0 radical (unpaired) electrons. The van der Waals surface area contributed by atoms with Gasteiger partial charge in [0.25, 0.3) is 0 Å². The SMILES string of the molecule is Cc1cc(=O)cc(C)n1CC(=O)Nc1ccc(I)cc1C(=O)O. The van der Waals surface area contributed by atoms with E-state index >= 15 is 0 Å². The van der Waals surface area contributed by atoms with Crippen molar-refractivity contribution in [1.29, 1.82) is 0 Å². The Kier molecular flexibility index (Phi) is 5.19. The first-order valence-electron chi connectivity index (χ1n) is 6.78. The Balaban J connectivity index is 2.24. The summed E-state index contributed by atoms with van der Waals surface area (Å²) in [6.45, 7) is 3.49. The van der Waals surface area contributed by atoms with E-state index in [0.717, 1.165) is 3.57 Å². The monoisotopic (exact) mass is 426 g/mol. The molecule has 23 heavy (non-hydrogen) atoms. The van der Waals surface area contributed by atoms with Gasteiger partial charge in [-0.2, -0.15) is 0 Å². The highest BCUT2D eigenvalue weighted by atomic mass is 127. The minimum Gasteiger partial charge on any atom is -0.478 e. The average Bonchev–Trinajstić information content (AvgIpc) is 2.44. The summed E-state index contributed by atoms with van der Waals surface area (Å²) in [4.78, 5) is 34.9. The standard InChI is InChI=1S/C16H15IN2O4/c1-9-5-12(20)6-10(2)19(9)8-15(21)18-14-4-3-11(17)7-13(14)16(22)23/h3-7H,8H2,1-2H3,(H,18,21)(H,22,23). The average molecular weight is 426 g/mol. The Bertz CT molecular complexity index is 816. The fraction of sp³-hybridized carbons (Fsp3) is 0.188. The molecule has 0 aliphatic heterocycles. The molecule has 2 aromatic rings. The zero-order valence-corrected chi connectivity index (χ0v) is 14.7. The number of carboxylic acids is 1. The summed E-state index contributed by atoms with van der Waals surface area (Å²) >= 11 is 2.01. The number of hydrogen-bond acceptors (Lipinski definition) is 3. The summed E-state index contributed by atoms with van der Waals surface area (Å²) in [6.07, 6.45) is 0. The summed E-state index contributed by atoms with van der Waals surface area (Å²) in [5.41, 5.74) is 1.53. The highest BCUT2D eigenvalue weighted by Gasteiger charge is 2.14. The molecule has 0 bridgehead atoms. The quantitative estimate of drug-likeness (QED) is 0.736. The summed E-state index contributed by atoms with van der Waals surface area (Å²) in [5.74, 6) is -1.46. The third kappa shape index (κ3) is 4.19. The van der Waals surface area contributed by atoms with Crippen molar-refractivity contribution >= 4 is 40.2 Å². The van der Waals surface area contributed by atoms with Gasteiger partial charge in [0, 0.05) is 27.1 Å². The smallest absolute Gasteiger partial charge is 0.337 e. The molecule has 120 valence electrons. The molecule has 2 N–H and O–H groups in total. The molecular formula is C16H15IN2O4. The van der Waals surface area contributed by atoms with Gasteiger partial charge in [-0.15, -0.1) is 0 Å². The van der Waals surface area contributed by atoms with Crippen LogP contribution in [0.1, 0.15) is 21.7 Å². The Morgan fingerprint density at radius 2 is 1.78 bits per heavy atom. The highest BCUT2D eigenvalue weighted by Crippen LogP contribution is 2.19. The number of aryl methyl sites for hydroxylation is 2. The Morgan fingerprint density at radius 1 is 1.17 bits per heavy atom. The van der Waals surface area contributed by atoms with Gasteiger partial charge in [0.05, 0.1) is 11.3 Å². The van der Waals surface area contributed by atoms with Crippen molar-refractivity contribution < 1.29 is 14.7 Å². The lowest BCUT2D eigenvalue weighted by molar-refractivity contribution is -0.116. The van der Waals surface area contributed by atoms with E-state index in [-0.39, 0.29) is 29.1 Å². The van der Waals surface area contributed by atoms with Crippen LogP contribution < -0.4 is 10.7 Å². The van der Waals surface area contributed by atoms with Gasteiger partial charge < -0.3 is 15.0 Å². The van der Waals surface area contributed by atoms with Gasteiger partial charge in [-0.1, -0.05) is 0 Å². The van der Waals surface area contributed by atoms with Crippen molar-refractivity contribution in [1.82, 2.24) is 4.57 Å². The predicted molar refractivity (Wildman–Crippen MR) is 94.9 cm³/mol. The van der Waals surface area contributed by atoms with E-state index in [4.69, 9.17) is 0 Å². The molecule has 0 unspecified atom stereocenters. The second-order valence-electron chi connectivity index (χ2n) is 5.10. The van der Waals surface area contributed by atoms with Gasteiger partial charge in [-0.25, -0.2) is 4.79 Å². The molecule has 0 fully saturated rings. The van der Waals surface area contributed by atoms with Gasteiger partial charge in [-0.05, 0) is 54.6 Å². The second-order valence-corrected chi connectivity index (χ2v) is 6.35. The number of nitrogens with zero attached hydrogens (tertiary/aromatic N) is 1. The molecule has 0 saturated heterocycles. The zero-order chi connectivity index (χ0) is 17.1. The molecule has 7 heteroatoms. The number of pyridine rings is 1. The third-order valence-corrected chi connectivity index (χ3v) is 4.01. The van der Waals surface area contributed by atoms with Crippen LogP contribution in [0.4, 0.5) is 5.69 Å². The molecule has 2 rings (SSSR count). The summed E-state index contributed by atoms with van der Waals surface area (Å²) < 4.78 is 2.47. The minimum absolute atomic E-state index is 0.00297. The lowest BCUT2D eigenvalue weighted by atomic mass is 10.2. The van der Waals surface area contributed by atoms with Crippen LogP contribution in [0.3, 0.4) is 0 Å². The van der Waals surface area contributed by atoms with E-state index in [1.807, 2.05) is 22.6 Å². The molecule has 0 saturated carbocycles. The molecule has 6 nitrogen and oxygen atoms in total. The molecule has 0 aliphatic rings. The number of hydrogen-bond donors (Lipinski definition) is 2. The predicted octanol–water partition coefficient (Wildman–Crippen LogP) is 2.41. The van der Waals surface area contributed by atoms with Crippen LogP contribution in [-0.4, -0.2) is 21.6 Å². The second kappa shape index (κ2) is 6.95. The Morgan fingerprint density at radius 3 is 2.35 bits per heavy atom. The normalized spacial score (nSPS) is 10.4. The van der Waals surface area contributed by atoms with Crippen molar-refractivity contribution in [2.45, 2.75) is 20.4 Å². The zero-order valence-electron chi connectivity index (χ0n) is 12.6. The van der Waals surface area contributed by atoms with E-state index in [0.29, 0.717) is 11.4 Å². The van der Waals surface area contributed by atoms with Gasteiger partial charge in [0.15, 0.2) is 5.43 Å². The maximum atomic E-state index is 12.2. The molecule has 1 aromatic heterocycles. The maximum Gasteiger partial charge on any atom is 0.337 e. The summed E-state index contributed by atoms with van der Waals surface area (Å²) in [7, 11) is 0. The summed E-state index contributed by atoms with van der Waals surface area (Å²) in [6, 6.07) is 7.68. The minimum atomic E-state index is -1.10. The van der Waals surface area contributed by atoms with Crippen LogP contribution >= 0.6 is 22.6 Å². The van der Waals surface area contributed by atoms with E-state index < -0.39 is 5.97 Å². The van der Waals surface area contributed by atoms with Crippen molar-refractivity contribution in [3.63, 3.8) is 0 Å². The van der Waals surface area contributed by atoms with E-state index in [9.17, 15) is 19.5 Å². The van der Waals surface area contributed by atoms with E-state index in [2.05, 4.69) is 5.32 Å². The number of anilines is 1. The van der Waals surface area contributed by atoms with Crippen molar-refractivity contribution in [3.8, 4) is 0 Å². The van der Waals surface area contributed by atoms with Crippen LogP contribution in [0.25, 0.3) is 0 Å². The fourth-order valence-corrected chi connectivity index (χ4v) is 2.76. The Hall–Kier alpha value is -2.16. The lowest BCUT2D eigenvalue weighted by Crippen LogP contribution is -2.24. The molecule has 1 aromatic carbocycles. The number of benzene rings is 1. The number of nitrogens with one attached hydrogen (secondary N) is 1. The first kappa shape index (κ1) is 17.2. The van der Waals surface area contributed by atoms with Gasteiger partial charge in [-0.3, -0.25) is 9.59 Å². The molecule has 0 spiro atoms. The van der Waals surface area contributed by atoms with Crippen LogP contribution in [0.5, 0.6) is 0 Å². The van der Waals surface area contributed by atoms with E-state index in [1.165, 1.54) is 18.2 Å². The molecule has 0 aliphatic carbocycles. The number of aromatic carboxylic acids is 1. The number of rotatable bonds is 4. The van der Waals surface area contributed by atoms with E-state index in [1.54, 1.807) is 30.5 Å². The van der Waals surface area contributed by atoms with Crippen molar-refractivity contribution in [2.24, 2.45) is 0 Å². The summed E-state index contributed by atoms with van der Waals surface area (Å²) in [5, 5.41) is 11.8. The van der Waals surface area contributed by atoms with Crippen LogP contribution in [0.15, 0.2) is 35.1 Å². The van der Waals surface area contributed by atoms with Crippen molar-refractivity contribution in [3.05, 3.63) is 61.1 Å². The largest absolute Gasteiger partial charge is 0.478 e. The number of carbonyl (C=O) groups is 2. The first-order valence-corrected chi connectivity index (χ1v) is 7.86. The number of carboxylic acid groups (broad SMARTS) is 1. The molecular weight excluding hydrogens is 411 g/mol. The number of halogens is 1. The maximum absolute atomic E-state index is 12.2. The van der Waals surface area contributed by atoms with Crippen LogP contribution in [-0.2, 0) is 11.3 Å². The lowest BCUT2D eigenvalue weighted by Gasteiger charge is -2.15. The topological polar surface area (TPSA) is 88.4 Å². The number of aromatic nitrogens is 1. The number of carbonyl (C=O) groups excluding carboxylic acids is 1.